The van der Waals surface area contributed by atoms with E-state index in [9.17, 15) is 25.1 Å². The summed E-state index contributed by atoms with van der Waals surface area (Å²) in [5.41, 5.74) is 2.38. The first-order valence-electron chi connectivity index (χ1n) is 10.9. The van der Waals surface area contributed by atoms with Gasteiger partial charge in [0.25, 0.3) is 5.69 Å². The molecule has 180 valence electrons. The Bertz CT molecular complexity index is 1420. The lowest BCUT2D eigenvalue weighted by atomic mass is 10.00. The molecule has 1 atom stereocenters. The maximum Gasteiger partial charge on any atom is 0.340 e. The number of aromatic hydroxyl groups is 1. The van der Waals surface area contributed by atoms with Gasteiger partial charge in [-0.15, -0.1) is 0 Å². The number of hydrogen-bond acceptors (Lipinski definition) is 8. The molecule has 0 aliphatic rings. The SMILES string of the molecule is Cc1c(Cc2ccccc2)c(=O)oc2cc(OCC(O)CNc3cc([N+](=O)[O-])ccc3O)ccc12. The zero-order chi connectivity index (χ0) is 24.9. The highest BCUT2D eigenvalue weighted by Crippen LogP contribution is 2.28. The summed E-state index contributed by atoms with van der Waals surface area (Å²) >= 11 is 0. The van der Waals surface area contributed by atoms with Gasteiger partial charge >= 0.3 is 5.63 Å². The average molecular weight is 476 g/mol. The van der Waals surface area contributed by atoms with Crippen LogP contribution in [0.15, 0.2) is 75.9 Å². The molecule has 1 heterocycles. The van der Waals surface area contributed by atoms with E-state index in [0.29, 0.717) is 23.3 Å². The number of rotatable bonds is 9. The van der Waals surface area contributed by atoms with Crippen LogP contribution in [-0.4, -0.2) is 34.4 Å². The number of nitrogens with zero attached hydrogens (tertiary/aromatic N) is 1. The number of hydrogen-bond donors (Lipinski definition) is 3. The maximum absolute atomic E-state index is 12.6. The molecule has 4 rings (SSSR count). The summed E-state index contributed by atoms with van der Waals surface area (Å²) in [5.74, 6) is 0.239. The minimum atomic E-state index is -0.980. The van der Waals surface area contributed by atoms with Crippen LogP contribution in [0.5, 0.6) is 11.5 Å². The standard InChI is InChI=1S/C26H24N2O7/c1-16-21-9-8-20(13-25(21)35-26(31)22(16)11-17-5-3-2-4-6-17)34-15-19(29)14-27-23-12-18(28(32)33)7-10-24(23)30/h2-10,12-13,19,27,29-30H,11,14-15H2,1H3. The van der Waals surface area contributed by atoms with E-state index in [2.05, 4.69) is 5.32 Å². The minimum absolute atomic E-state index is 0.0145. The molecule has 0 saturated carbocycles. The van der Waals surface area contributed by atoms with E-state index in [4.69, 9.17) is 9.15 Å². The number of aryl methyl sites for hydroxylation is 1. The van der Waals surface area contributed by atoms with Crippen LogP contribution in [0, 0.1) is 17.0 Å². The van der Waals surface area contributed by atoms with Crippen LogP contribution in [0.25, 0.3) is 11.0 Å². The second kappa shape index (κ2) is 10.3. The molecule has 9 heteroatoms. The number of anilines is 1. The molecule has 4 aromatic rings. The Labute approximate surface area is 200 Å². The highest BCUT2D eigenvalue weighted by atomic mass is 16.6. The van der Waals surface area contributed by atoms with E-state index < -0.39 is 16.7 Å². The number of phenolic OH excluding ortho intramolecular Hbond substituents is 1. The van der Waals surface area contributed by atoms with Crippen LogP contribution in [0.3, 0.4) is 0 Å². The van der Waals surface area contributed by atoms with Gasteiger partial charge in [-0.2, -0.15) is 0 Å². The predicted molar refractivity (Wildman–Crippen MR) is 131 cm³/mol. The molecule has 0 spiro atoms. The first-order chi connectivity index (χ1) is 16.8. The monoisotopic (exact) mass is 476 g/mol. The highest BCUT2D eigenvalue weighted by Gasteiger charge is 2.15. The largest absolute Gasteiger partial charge is 0.506 e. The van der Waals surface area contributed by atoms with E-state index in [0.717, 1.165) is 16.5 Å². The minimum Gasteiger partial charge on any atom is -0.506 e. The second-order valence-corrected chi connectivity index (χ2v) is 8.12. The summed E-state index contributed by atoms with van der Waals surface area (Å²) < 4.78 is 11.2. The van der Waals surface area contributed by atoms with E-state index in [1.807, 2.05) is 43.3 Å². The molecular formula is C26H24N2O7. The third kappa shape index (κ3) is 5.59. The van der Waals surface area contributed by atoms with Crippen molar-refractivity contribution < 1.29 is 24.3 Å². The molecule has 35 heavy (non-hydrogen) atoms. The van der Waals surface area contributed by atoms with Crippen molar-refractivity contribution in [3.05, 3.63) is 104 Å². The molecule has 1 unspecified atom stereocenters. The fraction of sp³-hybridized carbons (Fsp3) is 0.192. The predicted octanol–water partition coefficient (Wildman–Crippen LogP) is 4.16. The lowest BCUT2D eigenvalue weighted by Crippen LogP contribution is -2.26. The smallest absolute Gasteiger partial charge is 0.340 e. The molecule has 0 amide bonds. The average Bonchev–Trinajstić information content (AvgIpc) is 2.85. The number of benzene rings is 3. The molecule has 0 radical (unpaired) electrons. The van der Waals surface area contributed by atoms with Crippen molar-refractivity contribution in [1.82, 2.24) is 0 Å². The molecule has 9 nitrogen and oxygen atoms in total. The maximum atomic E-state index is 12.6. The van der Waals surface area contributed by atoms with Gasteiger partial charge in [-0.25, -0.2) is 4.79 Å². The van der Waals surface area contributed by atoms with Gasteiger partial charge in [0.15, 0.2) is 0 Å². The zero-order valence-electron chi connectivity index (χ0n) is 18.9. The quantitative estimate of drug-likeness (QED) is 0.142. The number of nitro benzene ring substituents is 1. The Kier molecular flexibility index (Phi) is 6.98. The van der Waals surface area contributed by atoms with Crippen LogP contribution in [0.1, 0.15) is 16.7 Å². The number of non-ortho nitro benzene ring substituents is 1. The summed E-state index contributed by atoms with van der Waals surface area (Å²) in [4.78, 5) is 23.0. The van der Waals surface area contributed by atoms with Crippen molar-refractivity contribution in [2.45, 2.75) is 19.4 Å². The van der Waals surface area contributed by atoms with Crippen molar-refractivity contribution in [2.24, 2.45) is 0 Å². The highest BCUT2D eigenvalue weighted by molar-refractivity contribution is 5.82. The Hall–Kier alpha value is -4.37. The number of nitro groups is 1. The van der Waals surface area contributed by atoms with E-state index >= 15 is 0 Å². The number of fused-ring (bicyclic) bond motifs is 1. The normalized spacial score (nSPS) is 11.8. The number of nitrogens with one attached hydrogen (secondary N) is 1. The van der Waals surface area contributed by atoms with Crippen LogP contribution in [-0.2, 0) is 6.42 Å². The molecule has 0 saturated heterocycles. The van der Waals surface area contributed by atoms with Gasteiger partial charge in [0.05, 0.1) is 10.6 Å². The number of phenols is 1. The fourth-order valence-corrected chi connectivity index (χ4v) is 3.73. The lowest BCUT2D eigenvalue weighted by molar-refractivity contribution is -0.384. The zero-order valence-corrected chi connectivity index (χ0v) is 18.9. The van der Waals surface area contributed by atoms with E-state index in [-0.39, 0.29) is 30.3 Å². The van der Waals surface area contributed by atoms with Crippen LogP contribution >= 0.6 is 0 Å². The molecule has 0 aliphatic heterocycles. The molecule has 3 aromatic carbocycles. The second-order valence-electron chi connectivity index (χ2n) is 8.12. The Morgan fingerprint density at radius 1 is 1.11 bits per heavy atom. The molecular weight excluding hydrogens is 452 g/mol. The Balaban J connectivity index is 1.42. The summed E-state index contributed by atoms with van der Waals surface area (Å²) in [6, 6.07) is 18.4. The Morgan fingerprint density at radius 3 is 2.63 bits per heavy atom. The van der Waals surface area contributed by atoms with Gasteiger partial charge < -0.3 is 24.7 Å². The van der Waals surface area contributed by atoms with Crippen molar-refractivity contribution >= 4 is 22.3 Å². The van der Waals surface area contributed by atoms with Crippen LogP contribution in [0.4, 0.5) is 11.4 Å². The van der Waals surface area contributed by atoms with Crippen molar-refractivity contribution in [2.75, 3.05) is 18.5 Å². The molecule has 1 aromatic heterocycles. The Morgan fingerprint density at radius 2 is 1.89 bits per heavy atom. The van der Waals surface area contributed by atoms with Crippen molar-refractivity contribution in [1.29, 1.82) is 0 Å². The van der Waals surface area contributed by atoms with Crippen LogP contribution in [0.2, 0.25) is 0 Å². The van der Waals surface area contributed by atoms with Crippen molar-refractivity contribution in [3.63, 3.8) is 0 Å². The number of aliphatic hydroxyl groups is 1. The van der Waals surface area contributed by atoms with Gasteiger partial charge in [-0.1, -0.05) is 30.3 Å². The van der Waals surface area contributed by atoms with Gasteiger partial charge in [-0.3, -0.25) is 10.1 Å². The fourth-order valence-electron chi connectivity index (χ4n) is 3.73. The summed E-state index contributed by atoms with van der Waals surface area (Å²) in [7, 11) is 0. The first kappa shape index (κ1) is 23.8. The van der Waals surface area contributed by atoms with Gasteiger partial charge in [0.1, 0.15) is 29.8 Å². The topological polar surface area (TPSA) is 135 Å². The van der Waals surface area contributed by atoms with E-state index in [1.54, 1.807) is 12.1 Å². The number of ether oxygens (including phenoxy) is 1. The molecule has 0 fully saturated rings. The van der Waals surface area contributed by atoms with E-state index in [1.165, 1.54) is 18.2 Å². The van der Waals surface area contributed by atoms with Crippen molar-refractivity contribution in [3.8, 4) is 11.5 Å². The third-order valence-corrected chi connectivity index (χ3v) is 5.64. The summed E-state index contributed by atoms with van der Waals surface area (Å²) in [5, 5.41) is 34.6. The third-order valence-electron chi connectivity index (χ3n) is 5.64. The number of aliphatic hydroxyl groups excluding tert-OH is 1. The first-order valence-corrected chi connectivity index (χ1v) is 10.9. The van der Waals surface area contributed by atoms with Crippen LogP contribution < -0.4 is 15.7 Å². The molecule has 3 N–H and O–H groups in total. The van der Waals surface area contributed by atoms with Gasteiger partial charge in [0.2, 0.25) is 0 Å². The van der Waals surface area contributed by atoms with Gasteiger partial charge in [0, 0.05) is 42.1 Å². The summed E-state index contributed by atoms with van der Waals surface area (Å²) in [6.07, 6.45) is -0.506. The van der Waals surface area contributed by atoms with Gasteiger partial charge in [-0.05, 0) is 36.2 Å². The lowest BCUT2D eigenvalue weighted by Gasteiger charge is -2.15. The molecule has 0 aliphatic carbocycles. The summed E-state index contributed by atoms with van der Waals surface area (Å²) in [6.45, 7) is 1.78. The molecule has 0 bridgehead atoms.